The van der Waals surface area contributed by atoms with Gasteiger partial charge in [0.15, 0.2) is 5.65 Å². The van der Waals surface area contributed by atoms with Gasteiger partial charge in [-0.2, -0.15) is 13.9 Å². The number of urea groups is 1. The molecule has 2 aliphatic rings. The summed E-state index contributed by atoms with van der Waals surface area (Å²) >= 11 is 0. The molecular formula is C19H16F2N6O3. The van der Waals surface area contributed by atoms with Crippen molar-refractivity contribution in [3.8, 4) is 5.75 Å². The number of ether oxygens (including phenoxy) is 1. The second-order valence-corrected chi connectivity index (χ2v) is 7.22. The van der Waals surface area contributed by atoms with Gasteiger partial charge in [-0.25, -0.2) is 14.3 Å². The summed E-state index contributed by atoms with van der Waals surface area (Å²) in [5, 5.41) is 9.35. The molecule has 3 aromatic rings. The zero-order valence-electron chi connectivity index (χ0n) is 15.5. The molecule has 1 unspecified atom stereocenters. The van der Waals surface area contributed by atoms with Crippen molar-refractivity contribution in [1.82, 2.24) is 30.2 Å². The van der Waals surface area contributed by atoms with E-state index in [1.54, 1.807) is 23.0 Å². The van der Waals surface area contributed by atoms with E-state index in [9.17, 15) is 18.4 Å². The molecule has 9 nitrogen and oxygen atoms in total. The first-order chi connectivity index (χ1) is 14.5. The topological polar surface area (TPSA) is 111 Å². The van der Waals surface area contributed by atoms with E-state index in [0.717, 1.165) is 17.7 Å². The molecule has 2 fully saturated rings. The highest BCUT2D eigenvalue weighted by molar-refractivity contribution is 6.00. The van der Waals surface area contributed by atoms with E-state index in [2.05, 4.69) is 30.4 Å². The fourth-order valence-corrected chi connectivity index (χ4v) is 3.82. The van der Waals surface area contributed by atoms with Crippen LogP contribution in [0.15, 0.2) is 36.8 Å². The second kappa shape index (κ2) is 7.01. The number of nitrogens with one attached hydrogen (secondary N) is 2. The Morgan fingerprint density at radius 2 is 2.03 bits per heavy atom. The number of hydrogen-bond acceptors (Lipinski definition) is 6. The lowest BCUT2D eigenvalue weighted by Gasteiger charge is -2.22. The molecule has 0 spiro atoms. The number of fused-ring (bicyclic) bond motifs is 1. The smallest absolute Gasteiger partial charge is 0.387 e. The van der Waals surface area contributed by atoms with Crippen LogP contribution in [-0.2, 0) is 4.79 Å². The summed E-state index contributed by atoms with van der Waals surface area (Å²) < 4.78 is 30.6. The van der Waals surface area contributed by atoms with Crippen LogP contribution in [0, 0.1) is 0 Å². The quantitative estimate of drug-likeness (QED) is 0.660. The molecule has 11 heteroatoms. The Morgan fingerprint density at radius 1 is 1.17 bits per heavy atom. The van der Waals surface area contributed by atoms with Gasteiger partial charge in [0.2, 0.25) is 5.91 Å². The molecule has 3 amide bonds. The largest absolute Gasteiger partial charge is 0.433 e. The first kappa shape index (κ1) is 18.4. The third-order valence-corrected chi connectivity index (χ3v) is 5.34. The van der Waals surface area contributed by atoms with Crippen LogP contribution in [0.2, 0.25) is 0 Å². The number of rotatable bonds is 5. The van der Waals surface area contributed by atoms with Gasteiger partial charge in [-0.15, -0.1) is 0 Å². The SMILES string of the molecule is O=C1NCC(c2cc([C@@H]3C[C@H]3c3ccc(OC(F)F)cn3)c3nccn3n2)C(=O)N1. The first-order valence-corrected chi connectivity index (χ1v) is 9.33. The summed E-state index contributed by atoms with van der Waals surface area (Å²) in [4.78, 5) is 32.2. The van der Waals surface area contributed by atoms with Crippen molar-refractivity contribution in [3.63, 3.8) is 0 Å². The summed E-state index contributed by atoms with van der Waals surface area (Å²) in [6, 6.07) is 4.48. The van der Waals surface area contributed by atoms with E-state index in [0.29, 0.717) is 11.3 Å². The highest BCUT2D eigenvalue weighted by Crippen LogP contribution is 2.55. The van der Waals surface area contributed by atoms with Gasteiger partial charge in [-0.3, -0.25) is 15.1 Å². The molecule has 0 aromatic carbocycles. The van der Waals surface area contributed by atoms with E-state index in [1.165, 1.54) is 12.3 Å². The first-order valence-electron chi connectivity index (χ1n) is 9.33. The standard InChI is InChI=1S/C19H16F2N6O3/c20-18(21)30-9-1-2-14(23-7-9)11-5-10(11)12-6-15(26-27-4-3-22-16(12)27)13-8-24-19(29)25-17(13)28/h1-4,6-7,10-11,13,18H,5,8H2,(H2,24,25,28,29)/t10-,11-,13?/m1/s1. The number of nitrogens with zero attached hydrogens (tertiary/aromatic N) is 4. The Hall–Kier alpha value is -3.63. The van der Waals surface area contributed by atoms with E-state index in [1.807, 2.05) is 6.07 Å². The van der Waals surface area contributed by atoms with Crippen LogP contribution < -0.4 is 15.4 Å². The highest BCUT2D eigenvalue weighted by atomic mass is 19.3. The molecular weight excluding hydrogens is 398 g/mol. The van der Waals surface area contributed by atoms with Crippen molar-refractivity contribution in [3.05, 3.63) is 53.7 Å². The number of imide groups is 1. The summed E-state index contributed by atoms with van der Waals surface area (Å²) in [5.41, 5.74) is 2.92. The lowest BCUT2D eigenvalue weighted by Crippen LogP contribution is -2.51. The van der Waals surface area contributed by atoms with Crippen LogP contribution in [0.1, 0.15) is 41.1 Å². The average Bonchev–Trinajstić information content (AvgIpc) is 3.35. The lowest BCUT2D eigenvalue weighted by molar-refractivity contribution is -0.122. The van der Waals surface area contributed by atoms with Gasteiger partial charge in [-0.1, -0.05) is 0 Å². The molecule has 0 bridgehead atoms. The molecule has 5 rings (SSSR count). The van der Waals surface area contributed by atoms with Crippen LogP contribution in [0.3, 0.4) is 0 Å². The predicted octanol–water partition coefficient (Wildman–Crippen LogP) is 1.92. The molecule has 2 N–H and O–H groups in total. The van der Waals surface area contributed by atoms with Gasteiger partial charge in [0.05, 0.1) is 17.8 Å². The number of aromatic nitrogens is 4. The molecule has 1 aliphatic carbocycles. The van der Waals surface area contributed by atoms with Crippen molar-refractivity contribution < 1.29 is 23.1 Å². The molecule has 0 radical (unpaired) electrons. The predicted molar refractivity (Wildman–Crippen MR) is 98.2 cm³/mol. The number of amides is 3. The number of carbonyl (C=O) groups excluding carboxylic acids is 2. The van der Waals surface area contributed by atoms with Crippen molar-refractivity contribution in [2.75, 3.05) is 6.54 Å². The molecule has 154 valence electrons. The number of carbonyl (C=O) groups is 2. The zero-order chi connectivity index (χ0) is 20.8. The number of pyridine rings is 1. The summed E-state index contributed by atoms with van der Waals surface area (Å²) in [6.45, 7) is -2.73. The van der Waals surface area contributed by atoms with Crippen LogP contribution in [-0.4, -0.2) is 44.7 Å². The van der Waals surface area contributed by atoms with E-state index >= 15 is 0 Å². The Balaban J connectivity index is 1.43. The van der Waals surface area contributed by atoms with Crippen LogP contribution in [0.4, 0.5) is 13.6 Å². The normalized spacial score (nSPS) is 23.4. The molecule has 30 heavy (non-hydrogen) atoms. The monoisotopic (exact) mass is 414 g/mol. The van der Waals surface area contributed by atoms with Gasteiger partial charge in [0, 0.05) is 36.1 Å². The van der Waals surface area contributed by atoms with E-state index < -0.39 is 24.5 Å². The third-order valence-electron chi connectivity index (χ3n) is 5.34. The van der Waals surface area contributed by atoms with Crippen LogP contribution in [0.5, 0.6) is 5.75 Å². The Morgan fingerprint density at radius 3 is 2.77 bits per heavy atom. The van der Waals surface area contributed by atoms with Crippen LogP contribution >= 0.6 is 0 Å². The third kappa shape index (κ3) is 3.31. The lowest BCUT2D eigenvalue weighted by atomic mass is 9.99. The fraction of sp³-hybridized carbons (Fsp3) is 0.316. The molecule has 3 aromatic heterocycles. The van der Waals surface area contributed by atoms with Gasteiger partial charge < -0.3 is 10.1 Å². The molecule has 1 saturated carbocycles. The fourth-order valence-electron chi connectivity index (χ4n) is 3.82. The minimum absolute atomic E-state index is 0.0122. The Kier molecular flexibility index (Phi) is 4.30. The Bertz CT molecular complexity index is 1130. The molecule has 1 saturated heterocycles. The van der Waals surface area contributed by atoms with Gasteiger partial charge in [-0.05, 0) is 30.5 Å². The maximum absolute atomic E-state index is 12.3. The number of alkyl halides is 2. The van der Waals surface area contributed by atoms with Crippen LogP contribution in [0.25, 0.3) is 5.65 Å². The highest BCUT2D eigenvalue weighted by Gasteiger charge is 2.43. The summed E-state index contributed by atoms with van der Waals surface area (Å²) in [7, 11) is 0. The maximum Gasteiger partial charge on any atom is 0.387 e. The molecule has 4 heterocycles. The van der Waals surface area contributed by atoms with E-state index in [-0.39, 0.29) is 24.1 Å². The second-order valence-electron chi connectivity index (χ2n) is 7.22. The van der Waals surface area contributed by atoms with Crippen molar-refractivity contribution >= 4 is 17.6 Å². The zero-order valence-corrected chi connectivity index (χ0v) is 15.5. The van der Waals surface area contributed by atoms with Crippen molar-refractivity contribution in [2.24, 2.45) is 0 Å². The van der Waals surface area contributed by atoms with Gasteiger partial charge >= 0.3 is 12.6 Å². The van der Waals surface area contributed by atoms with Gasteiger partial charge in [0.1, 0.15) is 5.75 Å². The van der Waals surface area contributed by atoms with Crippen molar-refractivity contribution in [2.45, 2.75) is 30.8 Å². The Labute approximate surface area is 168 Å². The minimum Gasteiger partial charge on any atom is -0.433 e. The summed E-state index contributed by atoms with van der Waals surface area (Å²) in [6.07, 6.45) is 5.43. The number of halogens is 2. The number of hydrogen-bond donors (Lipinski definition) is 2. The molecule has 1 aliphatic heterocycles. The summed E-state index contributed by atoms with van der Waals surface area (Å²) in [5.74, 6) is -0.790. The molecule has 3 atom stereocenters. The maximum atomic E-state index is 12.3. The van der Waals surface area contributed by atoms with E-state index in [4.69, 9.17) is 0 Å². The van der Waals surface area contributed by atoms with Gasteiger partial charge in [0.25, 0.3) is 0 Å². The minimum atomic E-state index is -2.89. The van der Waals surface area contributed by atoms with Crippen molar-refractivity contribution in [1.29, 1.82) is 0 Å². The average molecular weight is 414 g/mol. The number of imidazole rings is 1.